The van der Waals surface area contributed by atoms with Crippen molar-refractivity contribution in [2.24, 2.45) is 5.92 Å². The zero-order valence-electron chi connectivity index (χ0n) is 11.5. The van der Waals surface area contributed by atoms with Crippen molar-refractivity contribution in [2.75, 3.05) is 32.1 Å². The Balaban J connectivity index is 2.26. The lowest BCUT2D eigenvalue weighted by molar-refractivity contribution is -0.383. The van der Waals surface area contributed by atoms with Crippen molar-refractivity contribution in [1.29, 1.82) is 0 Å². The molecule has 1 saturated heterocycles. The zero-order chi connectivity index (χ0) is 15.6. The quantitative estimate of drug-likeness (QED) is 0.615. The maximum Gasteiger partial charge on any atom is 0.304 e. The van der Waals surface area contributed by atoms with Crippen molar-refractivity contribution >= 4 is 32.0 Å². The van der Waals surface area contributed by atoms with Gasteiger partial charge in [-0.15, -0.1) is 0 Å². The molecular formula is C11H17N3O5S2. The Labute approximate surface area is 126 Å². The fourth-order valence-electron chi connectivity index (χ4n) is 2.26. The minimum Gasteiger partial charge on any atom is -0.396 e. The van der Waals surface area contributed by atoms with Crippen LogP contribution in [-0.4, -0.2) is 49.5 Å². The van der Waals surface area contributed by atoms with Crippen molar-refractivity contribution < 1.29 is 18.4 Å². The summed E-state index contributed by atoms with van der Waals surface area (Å²) < 4.78 is 26.3. The largest absolute Gasteiger partial charge is 0.396 e. The number of hydrogen-bond donors (Lipinski definition) is 2. The predicted molar refractivity (Wildman–Crippen MR) is 79.1 cm³/mol. The highest BCUT2D eigenvalue weighted by Crippen LogP contribution is 2.38. The van der Waals surface area contributed by atoms with Gasteiger partial charge in [0.1, 0.15) is 4.21 Å². The van der Waals surface area contributed by atoms with Gasteiger partial charge in [0.25, 0.3) is 10.0 Å². The van der Waals surface area contributed by atoms with E-state index in [1.54, 1.807) is 0 Å². The fraction of sp³-hybridized carbons (Fsp3) is 0.636. The molecule has 2 heterocycles. The van der Waals surface area contributed by atoms with Crippen LogP contribution in [0.5, 0.6) is 0 Å². The molecule has 0 spiro atoms. The molecule has 0 atom stereocenters. The van der Waals surface area contributed by atoms with E-state index in [9.17, 15) is 18.5 Å². The summed E-state index contributed by atoms with van der Waals surface area (Å²) >= 11 is 0.863. The summed E-state index contributed by atoms with van der Waals surface area (Å²) in [6, 6.07) is 1.10. The highest BCUT2D eigenvalue weighted by molar-refractivity contribution is 7.91. The molecule has 2 N–H and O–H groups in total. The van der Waals surface area contributed by atoms with Crippen molar-refractivity contribution in [2.45, 2.75) is 17.1 Å². The lowest BCUT2D eigenvalue weighted by Crippen LogP contribution is -2.38. The Hall–Kier alpha value is -1.23. The van der Waals surface area contributed by atoms with E-state index in [4.69, 9.17) is 5.11 Å². The minimum atomic E-state index is -3.71. The van der Waals surface area contributed by atoms with E-state index in [0.29, 0.717) is 25.9 Å². The van der Waals surface area contributed by atoms with Crippen molar-refractivity contribution in [3.8, 4) is 0 Å². The van der Waals surface area contributed by atoms with Gasteiger partial charge in [0, 0.05) is 32.8 Å². The third-order valence-corrected chi connectivity index (χ3v) is 7.03. The summed E-state index contributed by atoms with van der Waals surface area (Å²) in [5.41, 5.74) is -0.230. The Morgan fingerprint density at radius 1 is 1.52 bits per heavy atom. The average molecular weight is 335 g/mol. The molecule has 0 bridgehead atoms. The molecule has 21 heavy (non-hydrogen) atoms. The van der Waals surface area contributed by atoms with Gasteiger partial charge in [-0.1, -0.05) is 11.3 Å². The monoisotopic (exact) mass is 335 g/mol. The summed E-state index contributed by atoms with van der Waals surface area (Å²) in [6.07, 6.45) is 1.20. The molecule has 1 aliphatic heterocycles. The first-order valence-corrected chi connectivity index (χ1v) is 8.72. The molecule has 0 aromatic carbocycles. The van der Waals surface area contributed by atoms with Crippen LogP contribution in [0.15, 0.2) is 10.3 Å². The van der Waals surface area contributed by atoms with E-state index in [0.717, 1.165) is 17.4 Å². The lowest BCUT2D eigenvalue weighted by Gasteiger charge is -2.29. The number of nitro groups is 1. The van der Waals surface area contributed by atoms with Crippen LogP contribution in [0.1, 0.15) is 12.8 Å². The van der Waals surface area contributed by atoms with Crippen LogP contribution in [0.25, 0.3) is 0 Å². The Kier molecular flexibility index (Phi) is 4.81. The maximum atomic E-state index is 12.5. The molecule has 0 saturated carbocycles. The molecule has 10 heteroatoms. The van der Waals surface area contributed by atoms with Gasteiger partial charge < -0.3 is 10.4 Å². The average Bonchev–Trinajstić information content (AvgIpc) is 2.92. The molecule has 2 rings (SSSR count). The van der Waals surface area contributed by atoms with Gasteiger partial charge in [-0.25, -0.2) is 8.42 Å². The summed E-state index contributed by atoms with van der Waals surface area (Å²) in [4.78, 5) is 10.3. The number of rotatable bonds is 5. The Morgan fingerprint density at radius 2 is 2.14 bits per heavy atom. The van der Waals surface area contributed by atoms with Gasteiger partial charge in [-0.3, -0.25) is 10.1 Å². The SMILES string of the molecule is CNc1sc(S(=O)(=O)N2CCC(CO)CC2)cc1[N+](=O)[O-]. The fourth-order valence-corrected chi connectivity index (χ4v) is 5.17. The van der Waals surface area contributed by atoms with E-state index in [-0.39, 0.29) is 27.4 Å². The van der Waals surface area contributed by atoms with Gasteiger partial charge in [0.2, 0.25) is 0 Å². The smallest absolute Gasteiger partial charge is 0.304 e. The number of piperidine rings is 1. The van der Waals surface area contributed by atoms with Crippen molar-refractivity contribution in [3.05, 3.63) is 16.2 Å². The van der Waals surface area contributed by atoms with Gasteiger partial charge in [0.15, 0.2) is 5.00 Å². The first-order valence-electron chi connectivity index (χ1n) is 6.47. The number of anilines is 1. The van der Waals surface area contributed by atoms with Gasteiger partial charge in [0.05, 0.1) is 4.92 Å². The van der Waals surface area contributed by atoms with E-state index >= 15 is 0 Å². The second-order valence-electron chi connectivity index (χ2n) is 4.82. The number of nitrogens with one attached hydrogen (secondary N) is 1. The predicted octanol–water partition coefficient (Wildman–Crippen LogP) is 1.09. The molecular weight excluding hydrogens is 318 g/mol. The summed E-state index contributed by atoms with van der Waals surface area (Å²) in [7, 11) is -2.20. The third kappa shape index (κ3) is 3.18. The Morgan fingerprint density at radius 3 is 2.57 bits per heavy atom. The van der Waals surface area contributed by atoms with Crippen LogP contribution in [0.2, 0.25) is 0 Å². The van der Waals surface area contributed by atoms with Gasteiger partial charge in [-0.05, 0) is 18.8 Å². The van der Waals surface area contributed by atoms with E-state index in [2.05, 4.69) is 5.32 Å². The highest BCUT2D eigenvalue weighted by Gasteiger charge is 2.33. The topological polar surface area (TPSA) is 113 Å². The van der Waals surface area contributed by atoms with E-state index in [1.807, 2.05) is 0 Å². The van der Waals surface area contributed by atoms with Gasteiger partial charge >= 0.3 is 5.69 Å². The highest BCUT2D eigenvalue weighted by atomic mass is 32.2. The van der Waals surface area contributed by atoms with Crippen molar-refractivity contribution in [1.82, 2.24) is 4.31 Å². The first kappa shape index (κ1) is 16.1. The normalized spacial score (nSPS) is 17.8. The molecule has 1 fully saturated rings. The third-order valence-electron chi connectivity index (χ3n) is 3.54. The maximum absolute atomic E-state index is 12.5. The molecule has 8 nitrogen and oxygen atoms in total. The summed E-state index contributed by atoms with van der Waals surface area (Å²) in [6.45, 7) is 0.713. The van der Waals surface area contributed by atoms with Crippen LogP contribution in [-0.2, 0) is 10.0 Å². The minimum absolute atomic E-state index is 0.0269. The molecule has 0 radical (unpaired) electrons. The standard InChI is InChI=1S/C11H17N3O5S2/c1-12-11-9(14(16)17)6-10(20-11)21(18,19)13-4-2-8(7-15)3-5-13/h6,8,12,15H,2-5,7H2,1H3. The van der Waals surface area contributed by atoms with Crippen LogP contribution in [0.3, 0.4) is 0 Å². The summed E-state index contributed by atoms with van der Waals surface area (Å²) in [5, 5.41) is 22.9. The number of thiophene rings is 1. The molecule has 0 amide bonds. The Bertz CT molecular complexity index is 620. The van der Waals surface area contributed by atoms with Gasteiger partial charge in [-0.2, -0.15) is 4.31 Å². The zero-order valence-corrected chi connectivity index (χ0v) is 13.1. The lowest BCUT2D eigenvalue weighted by atomic mass is 10.00. The number of sulfonamides is 1. The molecule has 1 aliphatic rings. The second-order valence-corrected chi connectivity index (χ2v) is 8.03. The number of hydrogen-bond acceptors (Lipinski definition) is 7. The number of aliphatic hydroxyl groups is 1. The first-order chi connectivity index (χ1) is 9.90. The molecule has 118 valence electrons. The van der Waals surface area contributed by atoms with Crippen LogP contribution in [0.4, 0.5) is 10.7 Å². The van der Waals surface area contributed by atoms with Crippen LogP contribution < -0.4 is 5.32 Å². The molecule has 0 aliphatic carbocycles. The van der Waals surface area contributed by atoms with Crippen LogP contribution >= 0.6 is 11.3 Å². The number of nitrogens with zero attached hydrogens (tertiary/aromatic N) is 2. The van der Waals surface area contributed by atoms with E-state index in [1.165, 1.54) is 11.4 Å². The molecule has 0 unspecified atom stereocenters. The van der Waals surface area contributed by atoms with E-state index < -0.39 is 14.9 Å². The van der Waals surface area contributed by atoms with Crippen LogP contribution in [0, 0.1) is 16.0 Å². The molecule has 1 aromatic rings. The summed E-state index contributed by atoms with van der Waals surface area (Å²) in [5.74, 6) is 0.127. The van der Waals surface area contributed by atoms with Crippen molar-refractivity contribution in [3.63, 3.8) is 0 Å². The second kappa shape index (κ2) is 6.26. The molecule has 1 aromatic heterocycles. The number of aliphatic hydroxyl groups excluding tert-OH is 1.